The van der Waals surface area contributed by atoms with Crippen LogP contribution in [0.2, 0.25) is 0 Å². The fourth-order valence-electron chi connectivity index (χ4n) is 1.92. The van der Waals surface area contributed by atoms with E-state index in [9.17, 15) is 4.79 Å². The first kappa shape index (κ1) is 13.6. The lowest BCUT2D eigenvalue weighted by molar-refractivity contribution is 0.0697. The average molecular weight is 275 g/mol. The molecule has 1 aromatic carbocycles. The number of carboxylic acid groups (broad SMARTS) is 1. The van der Waals surface area contributed by atoms with E-state index in [-0.39, 0.29) is 6.04 Å². The van der Waals surface area contributed by atoms with Gasteiger partial charge >= 0.3 is 5.97 Å². The minimum atomic E-state index is -0.898. The second-order valence-corrected chi connectivity index (χ2v) is 5.74. The van der Waals surface area contributed by atoms with Crippen molar-refractivity contribution in [3.8, 4) is 0 Å². The largest absolute Gasteiger partial charge is 0.478 e. The number of anilines is 1. The Labute approximate surface area is 116 Å². The Balaban J connectivity index is 2.16. The highest BCUT2D eigenvalue weighted by Gasteiger charge is 2.16. The van der Waals surface area contributed by atoms with Gasteiger partial charge in [0.25, 0.3) is 0 Å². The number of carbonyl (C=O) groups is 1. The molecule has 1 unspecified atom stereocenters. The predicted molar refractivity (Wildman–Crippen MR) is 78.9 cm³/mol. The molecule has 1 aromatic heterocycles. The van der Waals surface area contributed by atoms with Gasteiger partial charge in [0.2, 0.25) is 0 Å². The van der Waals surface area contributed by atoms with Crippen LogP contribution in [0.5, 0.6) is 0 Å². The summed E-state index contributed by atoms with van der Waals surface area (Å²) < 4.78 is 0. The zero-order valence-corrected chi connectivity index (χ0v) is 11.8. The van der Waals surface area contributed by atoms with Gasteiger partial charge in [0.1, 0.15) is 0 Å². The third kappa shape index (κ3) is 3.35. The highest BCUT2D eigenvalue weighted by molar-refractivity contribution is 7.10. The van der Waals surface area contributed by atoms with E-state index in [0.717, 1.165) is 5.69 Å². The van der Waals surface area contributed by atoms with E-state index in [4.69, 9.17) is 5.11 Å². The van der Waals surface area contributed by atoms with Crippen molar-refractivity contribution in [3.05, 3.63) is 52.2 Å². The smallest absolute Gasteiger partial charge is 0.335 e. The lowest BCUT2D eigenvalue weighted by Crippen LogP contribution is -2.15. The summed E-state index contributed by atoms with van der Waals surface area (Å²) in [7, 11) is 0. The topological polar surface area (TPSA) is 49.3 Å². The number of nitrogens with one attached hydrogen (secondary N) is 1. The molecule has 3 nitrogen and oxygen atoms in total. The Bertz CT molecular complexity index is 532. The number of rotatable bonds is 5. The van der Waals surface area contributed by atoms with Crippen molar-refractivity contribution in [1.29, 1.82) is 0 Å². The maximum atomic E-state index is 10.8. The molecule has 2 aromatic rings. The Morgan fingerprint density at radius 2 is 1.89 bits per heavy atom. The highest BCUT2D eigenvalue weighted by Crippen LogP contribution is 2.29. The first-order chi connectivity index (χ1) is 9.08. The molecule has 4 heteroatoms. The lowest BCUT2D eigenvalue weighted by atomic mass is 10.0. The van der Waals surface area contributed by atoms with Crippen LogP contribution in [-0.4, -0.2) is 11.1 Å². The van der Waals surface area contributed by atoms with Gasteiger partial charge in [-0.1, -0.05) is 19.9 Å². The summed E-state index contributed by atoms with van der Waals surface area (Å²) in [4.78, 5) is 12.1. The molecular formula is C15H17NO2S. The van der Waals surface area contributed by atoms with Gasteiger partial charge < -0.3 is 10.4 Å². The van der Waals surface area contributed by atoms with Crippen LogP contribution in [0.4, 0.5) is 5.69 Å². The summed E-state index contributed by atoms with van der Waals surface area (Å²) >= 11 is 1.73. The maximum Gasteiger partial charge on any atom is 0.335 e. The molecule has 0 bridgehead atoms. The number of aromatic carboxylic acids is 1. The summed E-state index contributed by atoms with van der Waals surface area (Å²) in [6.07, 6.45) is 0. The molecule has 1 heterocycles. The first-order valence-electron chi connectivity index (χ1n) is 6.21. The van der Waals surface area contributed by atoms with Gasteiger partial charge in [0.15, 0.2) is 0 Å². The SMILES string of the molecule is CC(C)C(Nc1ccc(C(=O)O)cc1)c1cccs1. The minimum absolute atomic E-state index is 0.246. The molecule has 2 N–H and O–H groups in total. The van der Waals surface area contributed by atoms with E-state index in [2.05, 4.69) is 30.6 Å². The highest BCUT2D eigenvalue weighted by atomic mass is 32.1. The second kappa shape index (κ2) is 5.89. The van der Waals surface area contributed by atoms with Crippen LogP contribution in [-0.2, 0) is 0 Å². The van der Waals surface area contributed by atoms with E-state index in [1.165, 1.54) is 4.88 Å². The normalized spacial score (nSPS) is 12.4. The monoisotopic (exact) mass is 275 g/mol. The Morgan fingerprint density at radius 1 is 1.21 bits per heavy atom. The van der Waals surface area contributed by atoms with Crippen molar-refractivity contribution in [3.63, 3.8) is 0 Å². The molecule has 0 radical (unpaired) electrons. The predicted octanol–water partition coefficient (Wildman–Crippen LogP) is 4.26. The zero-order valence-electron chi connectivity index (χ0n) is 11.0. The van der Waals surface area contributed by atoms with Gasteiger partial charge in [-0.3, -0.25) is 0 Å². The third-order valence-electron chi connectivity index (χ3n) is 2.97. The molecule has 100 valence electrons. The van der Waals surface area contributed by atoms with Crippen molar-refractivity contribution in [2.45, 2.75) is 19.9 Å². The molecule has 0 fully saturated rings. The third-order valence-corrected chi connectivity index (χ3v) is 3.93. The van der Waals surface area contributed by atoms with Gasteiger partial charge in [0.05, 0.1) is 11.6 Å². The van der Waals surface area contributed by atoms with Crippen molar-refractivity contribution < 1.29 is 9.90 Å². The Hall–Kier alpha value is -1.81. The van der Waals surface area contributed by atoms with Crippen LogP contribution in [0.1, 0.15) is 35.1 Å². The number of carboxylic acids is 1. The molecular weight excluding hydrogens is 258 g/mol. The molecule has 0 saturated heterocycles. The van der Waals surface area contributed by atoms with E-state index >= 15 is 0 Å². The summed E-state index contributed by atoms with van der Waals surface area (Å²) in [6, 6.07) is 11.3. The molecule has 19 heavy (non-hydrogen) atoms. The number of hydrogen-bond acceptors (Lipinski definition) is 3. The van der Waals surface area contributed by atoms with Gasteiger partial charge in [-0.15, -0.1) is 11.3 Å². The average Bonchev–Trinajstić information content (AvgIpc) is 2.89. The van der Waals surface area contributed by atoms with Gasteiger partial charge in [-0.2, -0.15) is 0 Å². The van der Waals surface area contributed by atoms with Crippen molar-refractivity contribution in [2.24, 2.45) is 5.92 Å². The van der Waals surface area contributed by atoms with Crippen LogP contribution in [0.25, 0.3) is 0 Å². The van der Waals surface area contributed by atoms with E-state index in [1.54, 1.807) is 23.5 Å². The minimum Gasteiger partial charge on any atom is -0.478 e. The van der Waals surface area contributed by atoms with Crippen LogP contribution in [0, 0.1) is 5.92 Å². The standard InChI is InChI=1S/C15H17NO2S/c1-10(2)14(13-4-3-9-19-13)16-12-7-5-11(6-8-12)15(17)18/h3-10,14,16H,1-2H3,(H,17,18). The Morgan fingerprint density at radius 3 is 2.37 bits per heavy atom. The number of benzene rings is 1. The number of hydrogen-bond donors (Lipinski definition) is 2. The molecule has 1 atom stereocenters. The first-order valence-corrected chi connectivity index (χ1v) is 7.09. The molecule has 0 aliphatic rings. The van der Waals surface area contributed by atoms with Crippen LogP contribution >= 0.6 is 11.3 Å². The summed E-state index contributed by atoms with van der Waals surface area (Å²) in [5, 5.41) is 14.4. The van der Waals surface area contributed by atoms with Gasteiger partial charge in [-0.25, -0.2) is 4.79 Å². The molecule has 0 aliphatic carbocycles. The molecule has 0 saturated carbocycles. The van der Waals surface area contributed by atoms with Crippen molar-refractivity contribution in [1.82, 2.24) is 0 Å². The van der Waals surface area contributed by atoms with Gasteiger partial charge in [0, 0.05) is 10.6 Å². The molecule has 2 rings (SSSR count). The molecule has 0 amide bonds. The second-order valence-electron chi connectivity index (χ2n) is 4.76. The van der Waals surface area contributed by atoms with Crippen LogP contribution < -0.4 is 5.32 Å². The summed E-state index contributed by atoms with van der Waals surface area (Å²) in [5.41, 5.74) is 1.25. The quantitative estimate of drug-likeness (QED) is 0.857. The Kier molecular flexibility index (Phi) is 4.22. The van der Waals surface area contributed by atoms with Crippen LogP contribution in [0.15, 0.2) is 41.8 Å². The van der Waals surface area contributed by atoms with E-state index < -0.39 is 5.97 Å². The summed E-state index contributed by atoms with van der Waals surface area (Å²) in [5.74, 6) is -0.442. The van der Waals surface area contributed by atoms with Gasteiger partial charge in [-0.05, 0) is 41.6 Å². The zero-order chi connectivity index (χ0) is 13.8. The molecule has 0 aliphatic heterocycles. The molecule has 0 spiro atoms. The lowest BCUT2D eigenvalue weighted by Gasteiger charge is -2.22. The van der Waals surface area contributed by atoms with Crippen LogP contribution in [0.3, 0.4) is 0 Å². The van der Waals surface area contributed by atoms with Crippen molar-refractivity contribution in [2.75, 3.05) is 5.32 Å². The maximum absolute atomic E-state index is 10.8. The van der Waals surface area contributed by atoms with E-state index in [1.807, 2.05) is 18.2 Å². The summed E-state index contributed by atoms with van der Waals surface area (Å²) in [6.45, 7) is 4.34. The van der Waals surface area contributed by atoms with E-state index in [0.29, 0.717) is 11.5 Å². The fourth-order valence-corrected chi connectivity index (χ4v) is 2.87. The fraction of sp³-hybridized carbons (Fsp3) is 0.267. The number of thiophene rings is 1. The van der Waals surface area contributed by atoms with Crippen molar-refractivity contribution >= 4 is 23.0 Å².